The van der Waals surface area contributed by atoms with Gasteiger partial charge in [-0.15, -0.1) is 24.0 Å². The lowest BCUT2D eigenvalue weighted by Crippen LogP contribution is -2.54. The summed E-state index contributed by atoms with van der Waals surface area (Å²) < 4.78 is 5.33. The maximum absolute atomic E-state index is 12.0. The normalized spacial score (nSPS) is 17.3. The number of hydrogen-bond donors (Lipinski definition) is 3. The summed E-state index contributed by atoms with van der Waals surface area (Å²) in [6.45, 7) is 16.7. The molecule has 0 aromatic carbocycles. The first-order valence-electron chi connectivity index (χ1n) is 10.2. The number of likely N-dealkylation sites (tertiary alicyclic amines) is 1. The van der Waals surface area contributed by atoms with Crippen molar-refractivity contribution in [1.82, 2.24) is 20.9 Å². The molecule has 0 saturated carbocycles. The number of aliphatic imine (C=N–C) groups is 1. The Hall–Kier alpha value is -0.770. The molecule has 166 valence electrons. The SMILES string of the molecule is CN=C(NCC(C)CN1CCCCC1)NCC(C)(C)NC(=O)OC(C)(C)C.I. The molecule has 1 saturated heterocycles. The van der Waals surface area contributed by atoms with Gasteiger partial charge in [-0.1, -0.05) is 13.3 Å². The third-order valence-electron chi connectivity index (χ3n) is 4.40. The molecule has 1 fully saturated rings. The Kier molecular flexibility index (Phi) is 12.4. The highest BCUT2D eigenvalue weighted by atomic mass is 127. The summed E-state index contributed by atoms with van der Waals surface area (Å²) in [6.07, 6.45) is 3.60. The van der Waals surface area contributed by atoms with Crippen molar-refractivity contribution in [2.45, 2.75) is 71.9 Å². The fraction of sp³-hybridized carbons (Fsp3) is 0.900. The van der Waals surface area contributed by atoms with E-state index in [2.05, 4.69) is 32.8 Å². The number of carbonyl (C=O) groups is 1. The summed E-state index contributed by atoms with van der Waals surface area (Å²) in [6, 6.07) is 0. The van der Waals surface area contributed by atoms with Crippen molar-refractivity contribution >= 4 is 36.0 Å². The van der Waals surface area contributed by atoms with Crippen molar-refractivity contribution in [2.75, 3.05) is 39.8 Å². The van der Waals surface area contributed by atoms with Gasteiger partial charge >= 0.3 is 6.09 Å². The van der Waals surface area contributed by atoms with Crippen LogP contribution >= 0.6 is 24.0 Å². The number of guanidine groups is 1. The Morgan fingerprint density at radius 2 is 1.71 bits per heavy atom. The number of nitrogens with one attached hydrogen (secondary N) is 3. The molecule has 1 aliphatic rings. The Bertz CT molecular complexity index is 485. The topological polar surface area (TPSA) is 78.0 Å². The van der Waals surface area contributed by atoms with Crippen LogP contribution < -0.4 is 16.0 Å². The van der Waals surface area contributed by atoms with Crippen LogP contribution in [0.1, 0.15) is 60.8 Å². The third kappa shape index (κ3) is 12.6. The number of carbonyl (C=O) groups excluding carboxylic acids is 1. The van der Waals surface area contributed by atoms with E-state index in [1.807, 2.05) is 34.6 Å². The molecule has 0 aliphatic carbocycles. The van der Waals surface area contributed by atoms with E-state index in [0.29, 0.717) is 12.5 Å². The average molecular weight is 511 g/mol. The smallest absolute Gasteiger partial charge is 0.408 e. The van der Waals surface area contributed by atoms with Crippen LogP contribution in [0.5, 0.6) is 0 Å². The van der Waals surface area contributed by atoms with Crippen LogP contribution in [-0.4, -0.2) is 67.9 Å². The second kappa shape index (κ2) is 12.7. The minimum atomic E-state index is -0.504. The molecule has 1 unspecified atom stereocenters. The van der Waals surface area contributed by atoms with Gasteiger partial charge < -0.3 is 25.6 Å². The van der Waals surface area contributed by atoms with Gasteiger partial charge in [0, 0.05) is 26.7 Å². The maximum atomic E-state index is 12.0. The molecule has 28 heavy (non-hydrogen) atoms. The molecular formula is C20H42IN5O2. The zero-order chi connectivity index (χ0) is 20.5. The van der Waals surface area contributed by atoms with Crippen molar-refractivity contribution in [3.63, 3.8) is 0 Å². The van der Waals surface area contributed by atoms with Crippen molar-refractivity contribution in [3.8, 4) is 0 Å². The van der Waals surface area contributed by atoms with Gasteiger partial charge in [0.15, 0.2) is 5.96 Å². The number of nitrogens with zero attached hydrogens (tertiary/aromatic N) is 2. The first-order chi connectivity index (χ1) is 12.5. The molecule has 1 atom stereocenters. The predicted molar refractivity (Wildman–Crippen MR) is 128 cm³/mol. The molecule has 0 aromatic rings. The summed E-state index contributed by atoms with van der Waals surface area (Å²) in [5, 5.41) is 9.58. The summed E-state index contributed by atoms with van der Waals surface area (Å²) in [4.78, 5) is 18.8. The molecule has 8 heteroatoms. The number of hydrogen-bond acceptors (Lipinski definition) is 4. The van der Waals surface area contributed by atoms with Crippen LogP contribution in [0.15, 0.2) is 4.99 Å². The second-order valence-electron chi connectivity index (χ2n) is 9.28. The highest BCUT2D eigenvalue weighted by molar-refractivity contribution is 14.0. The molecule has 7 nitrogen and oxygen atoms in total. The van der Waals surface area contributed by atoms with Gasteiger partial charge in [0.2, 0.25) is 0 Å². The number of rotatable bonds is 7. The van der Waals surface area contributed by atoms with Crippen LogP contribution in [0.4, 0.5) is 4.79 Å². The second-order valence-corrected chi connectivity index (χ2v) is 9.28. The van der Waals surface area contributed by atoms with Gasteiger partial charge in [-0.05, 0) is 66.5 Å². The van der Waals surface area contributed by atoms with Crippen molar-refractivity contribution in [3.05, 3.63) is 0 Å². The highest BCUT2D eigenvalue weighted by Gasteiger charge is 2.24. The molecule has 0 aromatic heterocycles. The number of alkyl carbamates (subject to hydrolysis) is 1. The van der Waals surface area contributed by atoms with E-state index in [4.69, 9.17) is 4.74 Å². The minimum absolute atomic E-state index is 0. The summed E-state index contributed by atoms with van der Waals surface area (Å²) in [7, 11) is 1.76. The Balaban J connectivity index is 0.00000729. The number of halogens is 1. The largest absolute Gasteiger partial charge is 0.444 e. The van der Waals surface area contributed by atoms with Crippen molar-refractivity contribution < 1.29 is 9.53 Å². The lowest BCUT2D eigenvalue weighted by Gasteiger charge is -2.30. The van der Waals surface area contributed by atoms with Gasteiger partial charge in [-0.3, -0.25) is 4.99 Å². The zero-order valence-electron chi connectivity index (χ0n) is 18.9. The lowest BCUT2D eigenvalue weighted by atomic mass is 10.1. The van der Waals surface area contributed by atoms with E-state index in [1.165, 1.54) is 32.4 Å². The van der Waals surface area contributed by atoms with Crippen LogP contribution in [0, 0.1) is 5.92 Å². The molecule has 0 spiro atoms. The van der Waals surface area contributed by atoms with Crippen LogP contribution in [-0.2, 0) is 4.74 Å². The van der Waals surface area contributed by atoms with Crippen LogP contribution in [0.25, 0.3) is 0 Å². The molecular weight excluding hydrogens is 469 g/mol. The number of piperidine rings is 1. The molecule has 1 aliphatic heterocycles. The van der Waals surface area contributed by atoms with Crippen molar-refractivity contribution in [1.29, 1.82) is 0 Å². The molecule has 3 N–H and O–H groups in total. The van der Waals surface area contributed by atoms with E-state index in [-0.39, 0.29) is 24.0 Å². The first-order valence-corrected chi connectivity index (χ1v) is 10.2. The minimum Gasteiger partial charge on any atom is -0.444 e. The van der Waals surface area contributed by atoms with E-state index in [9.17, 15) is 4.79 Å². The summed E-state index contributed by atoms with van der Waals surface area (Å²) >= 11 is 0. The predicted octanol–water partition coefficient (Wildman–Crippen LogP) is 3.19. The van der Waals surface area contributed by atoms with Gasteiger partial charge in [-0.2, -0.15) is 0 Å². The lowest BCUT2D eigenvalue weighted by molar-refractivity contribution is 0.0474. The van der Waals surface area contributed by atoms with Gasteiger partial charge in [0.25, 0.3) is 0 Å². The third-order valence-corrected chi connectivity index (χ3v) is 4.40. The van der Waals surface area contributed by atoms with Gasteiger partial charge in [0.05, 0.1) is 5.54 Å². The fourth-order valence-electron chi connectivity index (χ4n) is 3.07. The molecule has 0 radical (unpaired) electrons. The molecule has 1 amide bonds. The zero-order valence-corrected chi connectivity index (χ0v) is 21.2. The van der Waals surface area contributed by atoms with Gasteiger partial charge in [0.1, 0.15) is 5.60 Å². The number of amides is 1. The monoisotopic (exact) mass is 511 g/mol. The molecule has 1 rings (SSSR count). The standard InChI is InChI=1S/C20H41N5O2.HI/c1-16(14-25-11-9-8-10-12-25)13-22-17(21-7)23-15-20(5,6)24-18(26)27-19(2,3)4;/h16H,8-15H2,1-7H3,(H,24,26)(H2,21,22,23);1H. The maximum Gasteiger partial charge on any atom is 0.408 e. The summed E-state index contributed by atoms with van der Waals surface area (Å²) in [5.74, 6) is 1.30. The Labute approximate surface area is 188 Å². The van der Waals surface area contributed by atoms with Crippen LogP contribution in [0.3, 0.4) is 0 Å². The summed E-state index contributed by atoms with van der Waals surface area (Å²) in [5.41, 5.74) is -0.963. The van der Waals surface area contributed by atoms with Crippen molar-refractivity contribution in [2.24, 2.45) is 10.9 Å². The first kappa shape index (κ1) is 27.2. The van der Waals surface area contributed by atoms with E-state index < -0.39 is 17.2 Å². The van der Waals surface area contributed by atoms with Crippen LogP contribution in [0.2, 0.25) is 0 Å². The molecule has 1 heterocycles. The molecule has 0 bridgehead atoms. The highest BCUT2D eigenvalue weighted by Crippen LogP contribution is 2.11. The number of ether oxygens (including phenoxy) is 1. The van der Waals surface area contributed by atoms with E-state index in [0.717, 1.165) is 19.0 Å². The Morgan fingerprint density at radius 3 is 2.25 bits per heavy atom. The van der Waals surface area contributed by atoms with Gasteiger partial charge in [-0.25, -0.2) is 4.79 Å². The Morgan fingerprint density at radius 1 is 1.11 bits per heavy atom. The average Bonchev–Trinajstić information content (AvgIpc) is 2.53. The quantitative estimate of drug-likeness (QED) is 0.278. The van der Waals surface area contributed by atoms with E-state index in [1.54, 1.807) is 7.05 Å². The fourth-order valence-corrected chi connectivity index (χ4v) is 3.07. The van der Waals surface area contributed by atoms with E-state index >= 15 is 0 Å².